The number of sulfonamides is 4. The largest absolute Gasteiger partial charge is 0.506 e. The number of pyridine rings is 4. The molecule has 51 heteroatoms. The van der Waals surface area contributed by atoms with Crippen molar-refractivity contribution in [2.75, 3.05) is 92.6 Å². The number of methoxy groups -OCH3 is 1. The quantitative estimate of drug-likeness (QED) is 0.0194. The summed E-state index contributed by atoms with van der Waals surface area (Å²) in [6, 6.07) is 26.4. The number of nitrogens with zero attached hydrogens (tertiary/aromatic N) is 8. The van der Waals surface area contributed by atoms with Crippen LogP contribution in [0.5, 0.6) is 23.0 Å². The third-order valence-corrected chi connectivity index (χ3v) is 34.3. The van der Waals surface area contributed by atoms with Gasteiger partial charge in [-0.1, -0.05) is 89.2 Å². The van der Waals surface area contributed by atoms with E-state index < -0.39 is 86.8 Å². The van der Waals surface area contributed by atoms with E-state index >= 15 is 0 Å². The zero-order chi connectivity index (χ0) is 107. The van der Waals surface area contributed by atoms with Gasteiger partial charge >= 0.3 is 30.1 Å². The van der Waals surface area contributed by atoms with Crippen LogP contribution < -0.4 is 88.3 Å². The van der Waals surface area contributed by atoms with E-state index in [1.807, 2.05) is 45.1 Å². The first-order valence-electron chi connectivity index (χ1n) is 45.1. The number of fused-ring (bicyclic) bond motifs is 4. The second-order valence-electron chi connectivity index (χ2n) is 39.1. The van der Waals surface area contributed by atoms with E-state index in [1.54, 1.807) is 66.0 Å². The first kappa shape index (κ1) is 112. The Kier molecular flexibility index (Phi) is 33.8. The standard InChI is InChI=1S/C25H31N4O6PS2.C24H29N4O6PS2.C23H27N4O6PS2.C22H31N4O6PS/c1-6-35-36(32)19-14-16(28-38(5,33)34)9-10-18(19)26-23(27-36)21-22(30)17(20-8-7-13-37-20)15-29(24(21)31)12-11-25(2,3)4;1-24(2,3)9-10-28-13-17(15-8-11-36-14-15)21(29)20(23(28)30)22-25-18-7-6-16(27-37(5,32)33)12-19(18)35(31,26-22)34-4;1-23(2,3)8-9-27-12-16(14-7-10-35-13-14)20(28)19(22(27)29)21-24-17-6-5-15(26-36(4,32)33)11-18(17)34(30,31)25-21;1-7-32-33(28)18-14-15(25-34(6,29)30)8-9-16(18)23-20(24-33)19-17(31-5)10-12-26(21(19)27)13-11-22(2,3)4/h7-10,13-15,28,30H,6,11-12H2,1-5H3,(H,26,27,32);6-8,11-14,27,29H,9-10H2,1-5H3,(H,25,26,31);5-7,10-13,26,28H,8-9H2,1-4H3,(H2,24,25,30,31);8-10,12,14,25H,7,11,13H2,1-6H3,(H,23,24,28). The van der Waals surface area contributed by atoms with Crippen LogP contribution in [0, 0.1) is 21.7 Å². The fourth-order valence-electron chi connectivity index (χ4n) is 15.0. The van der Waals surface area contributed by atoms with Gasteiger partial charge in [0, 0.05) is 96.8 Å². The minimum absolute atomic E-state index is 0.0292. The molecule has 0 radical (unpaired) electrons. The summed E-state index contributed by atoms with van der Waals surface area (Å²) in [5.41, 5.74) is 2.35. The van der Waals surface area contributed by atoms with Gasteiger partial charge in [-0.3, -0.25) is 56.3 Å². The summed E-state index contributed by atoms with van der Waals surface area (Å²) < 4.78 is 202. The van der Waals surface area contributed by atoms with Crippen LogP contribution in [0.15, 0.2) is 193 Å². The normalized spacial score (nSPS) is 17.7. The highest BCUT2D eigenvalue weighted by Gasteiger charge is 2.42. The van der Waals surface area contributed by atoms with E-state index in [0.717, 1.165) is 41.9 Å². The predicted molar refractivity (Wildman–Crippen MR) is 582 cm³/mol. The zero-order valence-electron chi connectivity index (χ0n) is 83.3. The van der Waals surface area contributed by atoms with E-state index in [2.05, 4.69) is 142 Å². The molecule has 145 heavy (non-hydrogen) atoms. The third kappa shape index (κ3) is 28.1. The molecule has 4 aromatic carbocycles. The number of hydrogen-bond acceptors (Lipinski definition) is 30. The summed E-state index contributed by atoms with van der Waals surface area (Å²) in [7, 11) is -27.8. The van der Waals surface area contributed by atoms with E-state index in [0.29, 0.717) is 84.8 Å². The van der Waals surface area contributed by atoms with Gasteiger partial charge in [0.05, 0.1) is 94.9 Å². The SMILES string of the molecule is CC(C)(C)CCn1cc(-c2ccsc2)c(O)c(C2=NP(=O)(O)c3cc(NS(C)(=O)=O)ccc3N2)c1=O.CCOP1(=O)N=C(c2c(O)c(-c3cccs3)cn(CCC(C)(C)C)c2=O)Nc2ccc(NS(C)(=O)=O)cc21.CCOP1(=O)N=C(c2c(OC)ccn(CCC(C)(C)C)c2=O)Nc2ccc(NS(C)(=O)=O)cc21.COP1(=O)N=C(c2c(O)c(-c3ccsc3)cn(CCC(C)(C)C)c2=O)Nc2ccc(NS(C)(=O)=O)cc21. The van der Waals surface area contributed by atoms with Crippen LogP contribution in [0.25, 0.3) is 32.7 Å². The molecular weight excluding hydrogens is 2090 g/mol. The van der Waals surface area contributed by atoms with E-state index in [1.165, 1.54) is 124 Å². The number of rotatable bonds is 29. The Labute approximate surface area is 853 Å². The average Bonchev–Trinajstić information content (AvgIpc) is 1.08. The van der Waals surface area contributed by atoms with Gasteiger partial charge in [0.15, 0.2) is 23.3 Å². The van der Waals surface area contributed by atoms with Crippen molar-refractivity contribution in [1.82, 2.24) is 18.3 Å². The highest BCUT2D eigenvalue weighted by molar-refractivity contribution is 7.92. The molecule has 0 aliphatic carbocycles. The molecule has 780 valence electrons. The van der Waals surface area contributed by atoms with Crippen molar-refractivity contribution in [2.24, 2.45) is 40.7 Å². The van der Waals surface area contributed by atoms with E-state index in [9.17, 15) is 91.3 Å². The van der Waals surface area contributed by atoms with Gasteiger partial charge < -0.3 is 78.1 Å². The number of nitrogens with one attached hydrogen (secondary N) is 8. The van der Waals surface area contributed by atoms with Crippen LogP contribution in [0.4, 0.5) is 45.5 Å². The molecule has 0 fully saturated rings. The van der Waals surface area contributed by atoms with Gasteiger partial charge in [-0.15, -0.1) is 11.3 Å². The van der Waals surface area contributed by atoms with Crippen LogP contribution in [0.2, 0.25) is 0 Å². The molecule has 4 aliphatic rings. The number of amidine groups is 4. The summed E-state index contributed by atoms with van der Waals surface area (Å²) in [6.45, 7) is 30.0. The zero-order valence-corrected chi connectivity index (χ0v) is 92.6. The molecule has 4 unspecified atom stereocenters. The van der Waals surface area contributed by atoms with Gasteiger partial charge in [0.2, 0.25) is 40.1 Å². The second kappa shape index (κ2) is 43.6. The Hall–Kier alpha value is -11.4. The number of ether oxygens (including phenoxy) is 1. The lowest BCUT2D eigenvalue weighted by Crippen LogP contribution is -2.34. The van der Waals surface area contributed by atoms with Crippen molar-refractivity contribution in [3.05, 3.63) is 218 Å². The molecule has 4 aliphatic heterocycles. The van der Waals surface area contributed by atoms with Crippen LogP contribution in [-0.2, 0) is 98.1 Å². The van der Waals surface area contributed by atoms with Crippen molar-refractivity contribution in [3.8, 4) is 55.7 Å². The highest BCUT2D eigenvalue weighted by Crippen LogP contribution is 2.56. The molecule has 15 rings (SSSR count). The maximum atomic E-state index is 14.0. The maximum Gasteiger partial charge on any atom is 0.348 e. The Morgan fingerprint density at radius 2 is 0.710 bits per heavy atom. The number of aryl methyl sites for hydroxylation is 4. The summed E-state index contributed by atoms with van der Waals surface area (Å²) in [4.78, 5) is 65.8. The lowest BCUT2D eigenvalue weighted by atomic mass is 9.92. The number of aromatic hydroxyl groups is 3. The fraction of sp³-hybridized carbons (Fsp3) is 0.362. The lowest BCUT2D eigenvalue weighted by Gasteiger charge is -2.26. The summed E-state index contributed by atoms with van der Waals surface area (Å²) in [5, 5.41) is 55.4. The number of thiophene rings is 3. The molecule has 12 N–H and O–H groups in total. The minimum Gasteiger partial charge on any atom is -0.506 e. The van der Waals surface area contributed by atoms with Crippen LogP contribution >= 0.6 is 64.1 Å². The van der Waals surface area contributed by atoms with Gasteiger partial charge in [0.25, 0.3) is 22.2 Å². The number of anilines is 8. The number of benzene rings is 4. The van der Waals surface area contributed by atoms with Gasteiger partial charge in [0.1, 0.15) is 45.3 Å². The first-order valence-corrected chi connectivity index (χ1v) is 61.7. The Balaban J connectivity index is 0.000000172. The molecule has 40 nitrogen and oxygen atoms in total. The van der Waals surface area contributed by atoms with Gasteiger partial charge in [-0.2, -0.15) is 41.7 Å². The molecule has 0 saturated heterocycles. The molecule has 0 saturated carbocycles. The van der Waals surface area contributed by atoms with Crippen molar-refractivity contribution < 1.29 is 90.5 Å². The predicted octanol–water partition coefficient (Wildman–Crippen LogP) is 16.4. The van der Waals surface area contributed by atoms with Crippen LogP contribution in [0.1, 0.15) is 145 Å². The van der Waals surface area contributed by atoms with E-state index in [4.69, 9.17) is 18.3 Å². The Bertz CT molecular complexity index is 7940. The molecule has 0 spiro atoms. The second-order valence-corrected chi connectivity index (χ2v) is 56.5. The topological polar surface area (TPSA) is 556 Å². The van der Waals surface area contributed by atoms with Gasteiger partial charge in [-0.25, -0.2) is 33.7 Å². The Morgan fingerprint density at radius 1 is 0.400 bits per heavy atom. The van der Waals surface area contributed by atoms with Gasteiger partial charge in [-0.05, 0) is 196 Å². The number of aromatic nitrogens is 4. The van der Waals surface area contributed by atoms with Crippen molar-refractivity contribution >= 4 is 194 Å². The summed E-state index contributed by atoms with van der Waals surface area (Å²) in [6.07, 6.45) is 13.4. The Morgan fingerprint density at radius 3 is 1.03 bits per heavy atom. The monoisotopic (exact) mass is 2200 g/mol. The molecular formula is C94H118N16O24P4S7. The summed E-state index contributed by atoms with van der Waals surface area (Å²) >= 11 is 4.30. The highest BCUT2D eigenvalue weighted by atomic mass is 32.2. The fourth-order valence-corrected chi connectivity index (χ4v) is 25.7. The van der Waals surface area contributed by atoms with Crippen molar-refractivity contribution in [3.63, 3.8) is 0 Å². The van der Waals surface area contributed by atoms with Crippen molar-refractivity contribution in [1.29, 1.82) is 0 Å². The molecule has 11 aromatic rings. The number of hydrogen-bond donors (Lipinski definition) is 12. The molecule has 11 heterocycles. The minimum atomic E-state index is -4.43. The molecule has 7 aromatic heterocycles. The molecule has 0 amide bonds. The van der Waals surface area contributed by atoms with Crippen molar-refractivity contribution in [2.45, 2.75) is 149 Å². The third-order valence-electron chi connectivity index (χ3n) is 22.1. The summed E-state index contributed by atoms with van der Waals surface area (Å²) in [5.74, 6) is -0.975. The van der Waals surface area contributed by atoms with Crippen LogP contribution in [-0.4, -0.2) is 148 Å². The molecule has 0 bridgehead atoms. The maximum absolute atomic E-state index is 14.0. The lowest BCUT2D eigenvalue weighted by molar-refractivity contribution is 0.340. The first-order chi connectivity index (χ1) is 67.3. The smallest absolute Gasteiger partial charge is 0.348 e. The van der Waals surface area contributed by atoms with E-state index in [-0.39, 0.29) is 159 Å². The van der Waals surface area contributed by atoms with Crippen LogP contribution in [0.3, 0.4) is 0 Å². The molecule has 4 atom stereocenters. The average molecular weight is 2200 g/mol.